The van der Waals surface area contributed by atoms with Gasteiger partial charge in [-0.05, 0) is 42.8 Å². The van der Waals surface area contributed by atoms with Gasteiger partial charge in [-0.3, -0.25) is 4.99 Å². The highest BCUT2D eigenvalue weighted by Gasteiger charge is 2.10. The van der Waals surface area contributed by atoms with Gasteiger partial charge in [-0.15, -0.1) is 0 Å². The van der Waals surface area contributed by atoms with E-state index in [1.54, 1.807) is 12.3 Å². The molecule has 0 amide bonds. The Bertz CT molecular complexity index is 707. The molecule has 1 aliphatic heterocycles. The van der Waals surface area contributed by atoms with Crippen molar-refractivity contribution < 1.29 is 14.6 Å². The molecule has 1 heterocycles. The second-order valence-corrected chi connectivity index (χ2v) is 5.94. The number of ether oxygens (including phenoxy) is 2. The molecule has 1 saturated heterocycles. The molecule has 0 spiro atoms. The Morgan fingerprint density at radius 2 is 1.92 bits per heavy atom. The van der Waals surface area contributed by atoms with Crippen LogP contribution in [-0.4, -0.2) is 44.2 Å². The minimum atomic E-state index is 0.169. The van der Waals surface area contributed by atoms with Crippen molar-refractivity contribution in [3.8, 4) is 11.5 Å². The maximum atomic E-state index is 10.1. The fourth-order valence-electron chi connectivity index (χ4n) is 2.66. The van der Waals surface area contributed by atoms with Gasteiger partial charge in [0.05, 0.1) is 25.5 Å². The van der Waals surface area contributed by atoms with Crippen molar-refractivity contribution in [1.82, 2.24) is 0 Å². The summed E-state index contributed by atoms with van der Waals surface area (Å²) in [7, 11) is 0. The van der Waals surface area contributed by atoms with E-state index >= 15 is 0 Å². The number of rotatable bonds is 6. The number of aliphatic imine (C=N–C) groups is 1. The van der Waals surface area contributed by atoms with Gasteiger partial charge in [0.2, 0.25) is 0 Å². The summed E-state index contributed by atoms with van der Waals surface area (Å²) in [4.78, 5) is 6.75. The van der Waals surface area contributed by atoms with Gasteiger partial charge in [0.1, 0.15) is 11.5 Å². The van der Waals surface area contributed by atoms with E-state index in [2.05, 4.69) is 22.0 Å². The molecule has 0 bridgehead atoms. The molecular weight excluding hydrogens is 316 g/mol. The zero-order valence-corrected chi connectivity index (χ0v) is 14.5. The van der Waals surface area contributed by atoms with Gasteiger partial charge in [-0.1, -0.05) is 6.92 Å². The average Bonchev–Trinajstić information content (AvgIpc) is 2.67. The van der Waals surface area contributed by atoms with E-state index in [9.17, 15) is 5.11 Å². The molecule has 132 valence electrons. The van der Waals surface area contributed by atoms with Crippen LogP contribution in [0.5, 0.6) is 11.5 Å². The monoisotopic (exact) mass is 340 g/mol. The molecule has 3 rings (SSSR count). The third-order valence-corrected chi connectivity index (χ3v) is 4.05. The van der Waals surface area contributed by atoms with Crippen LogP contribution in [0.1, 0.15) is 18.9 Å². The van der Waals surface area contributed by atoms with E-state index in [4.69, 9.17) is 9.47 Å². The van der Waals surface area contributed by atoms with E-state index < -0.39 is 0 Å². The Morgan fingerprint density at radius 1 is 1.16 bits per heavy atom. The van der Waals surface area contributed by atoms with Gasteiger partial charge in [0.15, 0.2) is 0 Å². The number of morpholine rings is 1. The Kier molecular flexibility index (Phi) is 5.90. The normalized spacial score (nSPS) is 14.8. The third kappa shape index (κ3) is 4.73. The SMILES string of the molecule is CCCOc1ccc(C=Nc2ccc(N3CCOCC3)cc2)c(O)c1. The molecule has 0 radical (unpaired) electrons. The zero-order valence-electron chi connectivity index (χ0n) is 14.5. The van der Waals surface area contributed by atoms with Crippen LogP contribution in [0.15, 0.2) is 47.5 Å². The van der Waals surface area contributed by atoms with Crippen LogP contribution in [0.4, 0.5) is 11.4 Å². The van der Waals surface area contributed by atoms with Gasteiger partial charge in [0.25, 0.3) is 0 Å². The number of hydrogen-bond acceptors (Lipinski definition) is 5. The van der Waals surface area contributed by atoms with Crippen molar-refractivity contribution in [3.63, 3.8) is 0 Å². The molecule has 5 nitrogen and oxygen atoms in total. The number of phenolic OH excluding ortho intramolecular Hbond substituents is 1. The van der Waals surface area contributed by atoms with Crippen molar-refractivity contribution in [2.24, 2.45) is 4.99 Å². The van der Waals surface area contributed by atoms with E-state index in [1.807, 2.05) is 31.2 Å². The van der Waals surface area contributed by atoms with Crippen molar-refractivity contribution in [3.05, 3.63) is 48.0 Å². The van der Waals surface area contributed by atoms with Gasteiger partial charge in [0, 0.05) is 36.6 Å². The van der Waals surface area contributed by atoms with Gasteiger partial charge in [-0.2, -0.15) is 0 Å². The summed E-state index contributed by atoms with van der Waals surface area (Å²) in [5.41, 5.74) is 2.70. The lowest BCUT2D eigenvalue weighted by Gasteiger charge is -2.28. The number of nitrogens with zero attached hydrogens (tertiary/aromatic N) is 2. The molecule has 0 unspecified atom stereocenters. The highest BCUT2D eigenvalue weighted by Crippen LogP contribution is 2.24. The average molecular weight is 340 g/mol. The summed E-state index contributed by atoms with van der Waals surface area (Å²) in [5, 5.41) is 10.1. The molecule has 0 aromatic heterocycles. The molecule has 5 heteroatoms. The molecule has 0 aliphatic carbocycles. The Morgan fingerprint density at radius 3 is 2.60 bits per heavy atom. The highest BCUT2D eigenvalue weighted by molar-refractivity contribution is 5.85. The van der Waals surface area contributed by atoms with Crippen molar-refractivity contribution in [1.29, 1.82) is 0 Å². The van der Waals surface area contributed by atoms with Crippen LogP contribution >= 0.6 is 0 Å². The summed E-state index contributed by atoms with van der Waals surface area (Å²) in [6.45, 7) is 6.08. The smallest absolute Gasteiger partial charge is 0.128 e. The quantitative estimate of drug-likeness (QED) is 0.814. The van der Waals surface area contributed by atoms with Gasteiger partial charge >= 0.3 is 0 Å². The van der Waals surface area contributed by atoms with Crippen LogP contribution in [0.3, 0.4) is 0 Å². The fourth-order valence-corrected chi connectivity index (χ4v) is 2.66. The van der Waals surface area contributed by atoms with Gasteiger partial charge < -0.3 is 19.5 Å². The first-order valence-corrected chi connectivity index (χ1v) is 8.69. The summed E-state index contributed by atoms with van der Waals surface area (Å²) in [6.07, 6.45) is 2.60. The molecule has 0 atom stereocenters. The van der Waals surface area contributed by atoms with Crippen molar-refractivity contribution in [2.75, 3.05) is 37.8 Å². The number of benzene rings is 2. The number of phenols is 1. The van der Waals surface area contributed by atoms with Crippen LogP contribution < -0.4 is 9.64 Å². The predicted octanol–water partition coefficient (Wildman–Crippen LogP) is 3.77. The molecule has 0 saturated carbocycles. The van der Waals surface area contributed by atoms with E-state index in [0.29, 0.717) is 17.9 Å². The largest absolute Gasteiger partial charge is 0.507 e. The highest BCUT2D eigenvalue weighted by atomic mass is 16.5. The standard InChI is InChI=1S/C20H24N2O3/c1-2-11-25-19-8-3-16(20(23)14-19)15-21-17-4-6-18(7-5-17)22-9-12-24-13-10-22/h3-8,14-15,23H,2,9-13H2,1H3. The van der Waals surface area contributed by atoms with Crippen LogP contribution in [0.25, 0.3) is 0 Å². The fraction of sp³-hybridized carbons (Fsp3) is 0.350. The minimum absolute atomic E-state index is 0.169. The predicted molar refractivity (Wildman–Crippen MR) is 101 cm³/mol. The Labute approximate surface area is 148 Å². The van der Waals surface area contributed by atoms with Crippen LogP contribution in [0, 0.1) is 0 Å². The molecular formula is C20H24N2O3. The molecule has 1 N–H and O–H groups in total. The summed E-state index contributed by atoms with van der Waals surface area (Å²) < 4.78 is 10.9. The Balaban J connectivity index is 1.65. The summed E-state index contributed by atoms with van der Waals surface area (Å²) >= 11 is 0. The first-order chi connectivity index (χ1) is 12.3. The zero-order chi connectivity index (χ0) is 17.5. The summed E-state index contributed by atoms with van der Waals surface area (Å²) in [5.74, 6) is 0.841. The van der Waals surface area contributed by atoms with Crippen molar-refractivity contribution in [2.45, 2.75) is 13.3 Å². The molecule has 2 aromatic rings. The first-order valence-electron chi connectivity index (χ1n) is 8.69. The molecule has 2 aromatic carbocycles. The first kappa shape index (κ1) is 17.3. The second-order valence-electron chi connectivity index (χ2n) is 5.94. The lowest BCUT2D eigenvalue weighted by atomic mass is 10.2. The minimum Gasteiger partial charge on any atom is -0.507 e. The molecule has 1 fully saturated rings. The van der Waals surface area contributed by atoms with Gasteiger partial charge in [-0.25, -0.2) is 0 Å². The molecule has 25 heavy (non-hydrogen) atoms. The lowest BCUT2D eigenvalue weighted by Crippen LogP contribution is -2.36. The van der Waals surface area contributed by atoms with Crippen LogP contribution in [-0.2, 0) is 4.74 Å². The van der Waals surface area contributed by atoms with E-state index in [1.165, 1.54) is 5.69 Å². The Hall–Kier alpha value is -2.53. The van der Waals surface area contributed by atoms with E-state index in [0.717, 1.165) is 38.4 Å². The number of hydrogen-bond donors (Lipinski definition) is 1. The summed E-state index contributed by atoms with van der Waals surface area (Å²) in [6, 6.07) is 13.4. The molecule has 1 aliphatic rings. The topological polar surface area (TPSA) is 54.3 Å². The van der Waals surface area contributed by atoms with Crippen molar-refractivity contribution >= 4 is 17.6 Å². The number of aromatic hydroxyl groups is 1. The maximum absolute atomic E-state index is 10.1. The van der Waals surface area contributed by atoms with E-state index in [-0.39, 0.29) is 5.75 Å². The lowest BCUT2D eigenvalue weighted by molar-refractivity contribution is 0.122. The van der Waals surface area contributed by atoms with Crippen LogP contribution in [0.2, 0.25) is 0 Å². The number of anilines is 1. The third-order valence-electron chi connectivity index (χ3n) is 4.05. The maximum Gasteiger partial charge on any atom is 0.128 e. The second kappa shape index (κ2) is 8.53.